The third-order valence-electron chi connectivity index (χ3n) is 1.48. The van der Waals surface area contributed by atoms with Gasteiger partial charge in [0, 0.05) is 5.69 Å². The van der Waals surface area contributed by atoms with Crippen LogP contribution in [-0.4, -0.2) is 8.42 Å². The fourth-order valence-corrected chi connectivity index (χ4v) is 1.37. The molecule has 4 heteroatoms. The van der Waals surface area contributed by atoms with Gasteiger partial charge in [0.25, 0.3) is 10.0 Å². The molecule has 0 aliphatic heterocycles. The zero-order chi connectivity index (χ0) is 9.90. The zero-order valence-electron chi connectivity index (χ0n) is 7.32. The van der Waals surface area contributed by atoms with E-state index in [0.29, 0.717) is 5.69 Å². The lowest BCUT2D eigenvalue weighted by Gasteiger charge is -2.05. The molecule has 1 aromatic carbocycles. The van der Waals surface area contributed by atoms with Crippen molar-refractivity contribution in [3.05, 3.63) is 41.8 Å². The number of anilines is 1. The summed E-state index contributed by atoms with van der Waals surface area (Å²) >= 11 is 0. The van der Waals surface area contributed by atoms with Crippen LogP contribution in [0.5, 0.6) is 0 Å². The second-order valence-corrected chi connectivity index (χ2v) is 4.58. The summed E-state index contributed by atoms with van der Waals surface area (Å²) in [6, 6.07) is 8.70. The molecule has 0 aromatic heterocycles. The Morgan fingerprint density at radius 1 is 1.31 bits per heavy atom. The molecule has 13 heavy (non-hydrogen) atoms. The van der Waals surface area contributed by atoms with Crippen LogP contribution in [0.3, 0.4) is 0 Å². The maximum Gasteiger partial charge on any atom is 0.257 e. The quantitative estimate of drug-likeness (QED) is 0.805. The molecule has 0 aliphatic rings. The molecule has 0 heterocycles. The van der Waals surface area contributed by atoms with Gasteiger partial charge in [-0.15, -0.1) is 0 Å². The third kappa shape index (κ3) is 2.59. The first-order valence-electron chi connectivity index (χ1n) is 3.76. The highest BCUT2D eigenvalue weighted by Crippen LogP contribution is 2.11. The highest BCUT2D eigenvalue weighted by molar-refractivity contribution is 7.96. The van der Waals surface area contributed by atoms with E-state index in [2.05, 4.69) is 11.3 Å². The Kier molecular flexibility index (Phi) is 2.72. The fraction of sp³-hybridized carbons (Fsp3) is 0.111. The normalized spacial score (nSPS) is 10.8. The largest absolute Gasteiger partial charge is 0.280 e. The predicted octanol–water partition coefficient (Wildman–Crippen LogP) is 1.96. The number of benzene rings is 1. The van der Waals surface area contributed by atoms with E-state index < -0.39 is 10.0 Å². The van der Waals surface area contributed by atoms with E-state index in [1.165, 1.54) is 6.92 Å². The van der Waals surface area contributed by atoms with Gasteiger partial charge in [0.1, 0.15) is 0 Å². The molecule has 0 spiro atoms. The summed E-state index contributed by atoms with van der Waals surface area (Å²) in [4.78, 5) is 0.108. The Labute approximate surface area is 78.1 Å². The van der Waals surface area contributed by atoms with Crippen molar-refractivity contribution in [2.45, 2.75) is 6.92 Å². The Bertz CT molecular complexity index is 395. The second-order valence-electron chi connectivity index (χ2n) is 2.67. The number of nitrogens with one attached hydrogen (secondary N) is 1. The van der Waals surface area contributed by atoms with Crippen LogP contribution in [0.1, 0.15) is 6.92 Å². The first-order chi connectivity index (χ1) is 6.02. The average molecular weight is 197 g/mol. The molecular formula is C9H11NO2S. The van der Waals surface area contributed by atoms with E-state index in [4.69, 9.17) is 0 Å². The molecule has 0 atom stereocenters. The van der Waals surface area contributed by atoms with E-state index in [1.54, 1.807) is 24.3 Å². The summed E-state index contributed by atoms with van der Waals surface area (Å²) in [7, 11) is -3.40. The van der Waals surface area contributed by atoms with E-state index >= 15 is 0 Å². The lowest BCUT2D eigenvalue weighted by atomic mass is 10.3. The van der Waals surface area contributed by atoms with Crippen molar-refractivity contribution in [2.24, 2.45) is 0 Å². The number of hydrogen-bond acceptors (Lipinski definition) is 2. The van der Waals surface area contributed by atoms with Gasteiger partial charge in [0.15, 0.2) is 0 Å². The number of para-hydroxylation sites is 1. The molecule has 0 radical (unpaired) electrons. The van der Waals surface area contributed by atoms with Gasteiger partial charge in [-0.25, -0.2) is 8.42 Å². The predicted molar refractivity (Wildman–Crippen MR) is 53.8 cm³/mol. The Morgan fingerprint density at radius 2 is 1.85 bits per heavy atom. The monoisotopic (exact) mass is 197 g/mol. The molecule has 0 amide bonds. The van der Waals surface area contributed by atoms with Gasteiger partial charge in [-0.3, -0.25) is 4.72 Å². The lowest BCUT2D eigenvalue weighted by Crippen LogP contribution is -2.12. The summed E-state index contributed by atoms with van der Waals surface area (Å²) < 4.78 is 25.0. The highest BCUT2D eigenvalue weighted by atomic mass is 32.2. The Hall–Kier alpha value is -1.29. The van der Waals surface area contributed by atoms with Crippen LogP contribution >= 0.6 is 0 Å². The van der Waals surface area contributed by atoms with Crippen LogP contribution in [-0.2, 0) is 10.0 Å². The van der Waals surface area contributed by atoms with Crippen LogP contribution in [0.2, 0.25) is 0 Å². The number of allylic oxidation sites excluding steroid dienone is 1. The maximum absolute atomic E-state index is 11.3. The zero-order valence-corrected chi connectivity index (χ0v) is 8.14. The highest BCUT2D eigenvalue weighted by Gasteiger charge is 2.09. The van der Waals surface area contributed by atoms with E-state index in [0.717, 1.165) is 0 Å². The van der Waals surface area contributed by atoms with Crippen molar-refractivity contribution in [3.8, 4) is 0 Å². The van der Waals surface area contributed by atoms with Gasteiger partial charge >= 0.3 is 0 Å². The minimum absolute atomic E-state index is 0.108. The molecule has 0 bridgehead atoms. The first kappa shape index (κ1) is 9.80. The Balaban J connectivity index is 2.88. The standard InChI is InChI=1S/C9H11NO2S/c1-8(2)13(11,12)10-9-6-4-3-5-7-9/h3-7,10H,1H2,2H3. The minimum atomic E-state index is -3.40. The molecule has 1 rings (SSSR count). The van der Waals surface area contributed by atoms with Crippen molar-refractivity contribution in [2.75, 3.05) is 4.72 Å². The number of sulfonamides is 1. The maximum atomic E-state index is 11.3. The topological polar surface area (TPSA) is 46.2 Å². The SMILES string of the molecule is C=C(C)S(=O)(=O)Nc1ccccc1. The van der Waals surface area contributed by atoms with E-state index in [9.17, 15) is 8.42 Å². The number of hydrogen-bond donors (Lipinski definition) is 1. The van der Waals surface area contributed by atoms with Gasteiger partial charge in [-0.2, -0.15) is 0 Å². The van der Waals surface area contributed by atoms with Crippen molar-refractivity contribution < 1.29 is 8.42 Å². The van der Waals surface area contributed by atoms with Crippen molar-refractivity contribution in [3.63, 3.8) is 0 Å². The molecule has 70 valence electrons. The van der Waals surface area contributed by atoms with E-state index in [-0.39, 0.29) is 4.91 Å². The third-order valence-corrected chi connectivity index (χ3v) is 2.91. The Morgan fingerprint density at radius 3 is 2.31 bits per heavy atom. The summed E-state index contributed by atoms with van der Waals surface area (Å²) in [6.45, 7) is 4.82. The molecular weight excluding hydrogens is 186 g/mol. The minimum Gasteiger partial charge on any atom is -0.280 e. The van der Waals surface area contributed by atoms with Gasteiger partial charge in [0.05, 0.1) is 4.91 Å². The first-order valence-corrected chi connectivity index (χ1v) is 5.24. The summed E-state index contributed by atoms with van der Waals surface area (Å²) in [5.74, 6) is 0. The van der Waals surface area contributed by atoms with Crippen LogP contribution in [0.4, 0.5) is 5.69 Å². The molecule has 1 aromatic rings. The molecule has 3 nitrogen and oxygen atoms in total. The summed E-state index contributed by atoms with van der Waals surface area (Å²) in [5, 5.41) is 0. The van der Waals surface area contributed by atoms with Crippen LogP contribution in [0.25, 0.3) is 0 Å². The van der Waals surface area contributed by atoms with Gasteiger partial charge in [-0.05, 0) is 19.1 Å². The summed E-state index contributed by atoms with van der Waals surface area (Å²) in [5.41, 5.74) is 0.547. The molecule has 0 aliphatic carbocycles. The molecule has 0 saturated carbocycles. The van der Waals surface area contributed by atoms with Gasteiger partial charge in [-0.1, -0.05) is 24.8 Å². The van der Waals surface area contributed by atoms with Crippen LogP contribution in [0, 0.1) is 0 Å². The second kappa shape index (κ2) is 3.62. The van der Waals surface area contributed by atoms with Crippen molar-refractivity contribution >= 4 is 15.7 Å². The lowest BCUT2D eigenvalue weighted by molar-refractivity contribution is 0.607. The van der Waals surface area contributed by atoms with Crippen molar-refractivity contribution in [1.82, 2.24) is 0 Å². The van der Waals surface area contributed by atoms with E-state index in [1.807, 2.05) is 6.07 Å². The molecule has 0 saturated heterocycles. The van der Waals surface area contributed by atoms with Crippen molar-refractivity contribution in [1.29, 1.82) is 0 Å². The summed E-state index contributed by atoms with van der Waals surface area (Å²) in [6.07, 6.45) is 0. The number of rotatable bonds is 3. The molecule has 0 fully saturated rings. The average Bonchev–Trinajstić information content (AvgIpc) is 2.05. The molecule has 0 unspecified atom stereocenters. The van der Waals surface area contributed by atoms with Crippen LogP contribution in [0.15, 0.2) is 41.8 Å². The fourth-order valence-electron chi connectivity index (χ4n) is 0.748. The molecule has 1 N–H and O–H groups in total. The van der Waals surface area contributed by atoms with Gasteiger partial charge in [0.2, 0.25) is 0 Å². The van der Waals surface area contributed by atoms with Gasteiger partial charge < -0.3 is 0 Å². The van der Waals surface area contributed by atoms with Crippen LogP contribution < -0.4 is 4.72 Å². The smallest absolute Gasteiger partial charge is 0.257 e.